The van der Waals surface area contributed by atoms with Crippen molar-refractivity contribution in [3.8, 4) is 17.2 Å². The van der Waals surface area contributed by atoms with E-state index in [0.29, 0.717) is 53.2 Å². The van der Waals surface area contributed by atoms with Gasteiger partial charge in [-0.3, -0.25) is 0 Å². The molecule has 0 aliphatic rings. The van der Waals surface area contributed by atoms with Crippen LogP contribution in [0.1, 0.15) is 229 Å². The van der Waals surface area contributed by atoms with Crippen molar-refractivity contribution in [3.63, 3.8) is 0 Å². The van der Waals surface area contributed by atoms with E-state index in [4.69, 9.17) is 14.2 Å². The van der Waals surface area contributed by atoms with Gasteiger partial charge in [-0.15, -0.1) is 0 Å². The van der Waals surface area contributed by atoms with Crippen molar-refractivity contribution < 1.29 is 28.6 Å². The molecule has 0 heterocycles. The predicted molar refractivity (Wildman–Crippen MR) is 302 cm³/mol. The van der Waals surface area contributed by atoms with Crippen LogP contribution in [0, 0.1) is 20.8 Å². The molecule has 0 radical (unpaired) electrons. The second-order valence-electron chi connectivity index (χ2n) is 26.9. The Kier molecular flexibility index (Phi) is 17.1. The molecule has 6 nitrogen and oxygen atoms in total. The van der Waals surface area contributed by atoms with Gasteiger partial charge in [0.05, 0.1) is 0 Å². The highest BCUT2D eigenvalue weighted by Gasteiger charge is 2.34. The largest absolute Gasteiger partial charge is 0.423 e. The summed E-state index contributed by atoms with van der Waals surface area (Å²) >= 11 is 0. The Labute approximate surface area is 436 Å². The van der Waals surface area contributed by atoms with Gasteiger partial charge in [0.1, 0.15) is 17.2 Å². The first-order valence-corrected chi connectivity index (χ1v) is 25.7. The van der Waals surface area contributed by atoms with Crippen molar-refractivity contribution >= 4 is 17.9 Å². The zero-order valence-electron chi connectivity index (χ0n) is 49.2. The lowest BCUT2D eigenvalue weighted by molar-refractivity contribution is -0.131. The van der Waals surface area contributed by atoms with E-state index in [9.17, 15) is 14.4 Å². The number of carbonyl (C=O) groups excluding carboxylic acids is 3. The molecule has 4 rings (SSSR count). The monoisotopic (exact) mass is 979 g/mol. The van der Waals surface area contributed by atoms with Crippen LogP contribution >= 0.6 is 0 Å². The Bertz CT molecular complexity index is 2400. The molecule has 0 unspecified atom stereocenters. The first kappa shape index (κ1) is 59.1. The average molecular weight is 979 g/mol. The Morgan fingerprint density at radius 1 is 0.347 bits per heavy atom. The summed E-state index contributed by atoms with van der Waals surface area (Å²) in [6.07, 6.45) is 1.93. The van der Waals surface area contributed by atoms with E-state index in [0.717, 1.165) is 50.1 Å². The fourth-order valence-electron chi connectivity index (χ4n) is 9.38. The number of hydrogen-bond donors (Lipinski definition) is 0. The van der Waals surface area contributed by atoms with Crippen LogP contribution in [0.4, 0.5) is 0 Å². The van der Waals surface area contributed by atoms with Gasteiger partial charge in [-0.25, -0.2) is 14.4 Å². The van der Waals surface area contributed by atoms with E-state index in [1.165, 1.54) is 33.4 Å². The standard InChI is InChI=1S/C66H90O6/c1-37(2)58(67)70-55-49(61(10,11)12)31-43(32-50(55)62(13,14)15)28-46-40(7)47(29-44-33-51(63(16,17)18)56(71-59(68)38(3)4)52(34-44)64(19,20)21)42(9)48(41(46)8)30-45-35-53(65(22,23)24)57(72-60(69)39(5)6)54(36-45)66(25,26)27/h31-36H,1,3,5,28-30H2,2,4,6-27H3. The molecule has 4 aromatic carbocycles. The van der Waals surface area contributed by atoms with E-state index in [1.54, 1.807) is 20.8 Å². The maximum Gasteiger partial charge on any atom is 0.338 e. The van der Waals surface area contributed by atoms with Gasteiger partial charge in [-0.2, -0.15) is 0 Å². The van der Waals surface area contributed by atoms with Gasteiger partial charge in [0.15, 0.2) is 0 Å². The van der Waals surface area contributed by atoms with Gasteiger partial charge in [-0.1, -0.05) is 181 Å². The fraction of sp³-hybridized carbons (Fsp3) is 0.500. The minimum atomic E-state index is -0.434. The van der Waals surface area contributed by atoms with Gasteiger partial charge < -0.3 is 14.2 Å². The molecule has 0 saturated heterocycles. The fourth-order valence-corrected chi connectivity index (χ4v) is 9.38. The van der Waals surface area contributed by atoms with Crippen LogP contribution in [0.3, 0.4) is 0 Å². The molecule has 0 bridgehead atoms. The van der Waals surface area contributed by atoms with Crippen LogP contribution in [-0.2, 0) is 66.1 Å². The Balaban J connectivity index is 2.20. The van der Waals surface area contributed by atoms with E-state index < -0.39 is 17.9 Å². The minimum Gasteiger partial charge on any atom is -0.423 e. The Morgan fingerprint density at radius 2 is 0.500 bits per heavy atom. The van der Waals surface area contributed by atoms with Crippen molar-refractivity contribution in [2.75, 3.05) is 0 Å². The SMILES string of the molecule is C=C(C)C(=O)Oc1c(C(C)(C)C)cc(Cc2c(C)c(Cc3cc(C(C)(C)C)c(OC(=O)C(=C)C)c(C(C)(C)C)c3)c(C)c(Cc3cc(C(C)(C)C)c(OC(=O)C(=C)C)c(C(C)(C)C)c3)c2C)cc1C(C)(C)C. The van der Waals surface area contributed by atoms with Gasteiger partial charge >= 0.3 is 17.9 Å². The van der Waals surface area contributed by atoms with Gasteiger partial charge in [0.25, 0.3) is 0 Å². The normalized spacial score (nSPS) is 12.7. The summed E-state index contributed by atoms with van der Waals surface area (Å²) in [5, 5.41) is 0. The summed E-state index contributed by atoms with van der Waals surface area (Å²) in [6.45, 7) is 62.6. The lowest BCUT2D eigenvalue weighted by Crippen LogP contribution is -2.23. The Morgan fingerprint density at radius 3 is 0.625 bits per heavy atom. The average Bonchev–Trinajstić information content (AvgIpc) is 3.20. The van der Waals surface area contributed by atoms with Gasteiger partial charge in [-0.05, 0) is 143 Å². The third kappa shape index (κ3) is 13.6. The third-order valence-electron chi connectivity index (χ3n) is 13.8. The molecule has 0 aromatic heterocycles. The van der Waals surface area contributed by atoms with Crippen LogP contribution in [0.5, 0.6) is 17.2 Å². The summed E-state index contributed by atoms with van der Waals surface area (Å²) in [4.78, 5) is 39.8. The molecule has 0 N–H and O–H groups in total. The van der Waals surface area contributed by atoms with Crippen molar-refractivity contribution in [1.29, 1.82) is 0 Å². The van der Waals surface area contributed by atoms with Crippen LogP contribution in [0.2, 0.25) is 0 Å². The number of carbonyl (C=O) groups is 3. The summed E-state index contributed by atoms with van der Waals surface area (Å²) in [6, 6.07) is 13.4. The van der Waals surface area contributed by atoms with Crippen LogP contribution < -0.4 is 14.2 Å². The van der Waals surface area contributed by atoms with Crippen LogP contribution in [0.25, 0.3) is 0 Å². The third-order valence-corrected chi connectivity index (χ3v) is 13.8. The molecular formula is C66H90O6. The second-order valence-corrected chi connectivity index (χ2v) is 26.9. The molecule has 0 saturated carbocycles. The molecule has 390 valence electrons. The molecule has 4 aromatic rings. The summed E-state index contributed by atoms with van der Waals surface area (Å²) in [5.74, 6) is 0.513. The lowest BCUT2D eigenvalue weighted by atomic mass is 9.75. The number of benzene rings is 4. The summed E-state index contributed by atoms with van der Waals surface area (Å²) in [5.41, 5.74) is 15.6. The maximum atomic E-state index is 13.3. The van der Waals surface area contributed by atoms with E-state index in [-0.39, 0.29) is 32.5 Å². The molecule has 6 heteroatoms. The van der Waals surface area contributed by atoms with Crippen LogP contribution in [-0.4, -0.2) is 17.9 Å². The zero-order chi connectivity index (χ0) is 55.3. The van der Waals surface area contributed by atoms with Crippen LogP contribution in [0.15, 0.2) is 72.9 Å². The second kappa shape index (κ2) is 20.8. The smallest absolute Gasteiger partial charge is 0.338 e. The minimum absolute atomic E-state index is 0.350. The zero-order valence-corrected chi connectivity index (χ0v) is 49.2. The number of esters is 3. The number of ether oxygens (including phenoxy) is 3. The van der Waals surface area contributed by atoms with Crippen molar-refractivity contribution in [1.82, 2.24) is 0 Å². The van der Waals surface area contributed by atoms with Gasteiger partial charge in [0.2, 0.25) is 0 Å². The molecule has 0 amide bonds. The predicted octanol–water partition coefficient (Wildman–Crippen LogP) is 16.6. The molecule has 0 spiro atoms. The van der Waals surface area contributed by atoms with E-state index >= 15 is 0 Å². The van der Waals surface area contributed by atoms with E-state index in [2.05, 4.69) is 202 Å². The van der Waals surface area contributed by atoms with Crippen molar-refractivity contribution in [3.05, 3.63) is 156 Å². The van der Waals surface area contributed by atoms with E-state index in [1.807, 2.05) is 0 Å². The van der Waals surface area contributed by atoms with Crippen molar-refractivity contribution in [2.45, 2.75) is 218 Å². The summed E-state index contributed by atoms with van der Waals surface area (Å²) < 4.78 is 18.7. The highest BCUT2D eigenvalue weighted by molar-refractivity contribution is 5.90. The quantitative estimate of drug-likeness (QED) is 0.0799. The number of hydrogen-bond acceptors (Lipinski definition) is 6. The summed E-state index contributed by atoms with van der Waals surface area (Å²) in [7, 11) is 0. The first-order chi connectivity index (χ1) is 32.5. The molecular weight excluding hydrogens is 889 g/mol. The maximum absolute atomic E-state index is 13.3. The highest BCUT2D eigenvalue weighted by atomic mass is 16.5. The first-order valence-electron chi connectivity index (χ1n) is 25.7. The molecule has 0 aliphatic heterocycles. The molecule has 72 heavy (non-hydrogen) atoms. The Hall–Kier alpha value is -5.49. The topological polar surface area (TPSA) is 78.9 Å². The highest BCUT2D eigenvalue weighted by Crippen LogP contribution is 2.46. The number of rotatable bonds is 12. The molecule has 0 aliphatic carbocycles. The van der Waals surface area contributed by atoms with Gasteiger partial charge in [0, 0.05) is 50.1 Å². The molecule has 0 atom stereocenters. The lowest BCUT2D eigenvalue weighted by Gasteiger charge is -2.31. The van der Waals surface area contributed by atoms with Crippen molar-refractivity contribution in [2.24, 2.45) is 0 Å². The molecule has 0 fully saturated rings.